The molecule has 0 amide bonds. The van der Waals surface area contributed by atoms with E-state index in [1.807, 2.05) is 20.0 Å². The van der Waals surface area contributed by atoms with E-state index < -0.39 is 0 Å². The Morgan fingerprint density at radius 1 is 1.35 bits per heavy atom. The molecule has 92 valence electrons. The second-order valence-electron chi connectivity index (χ2n) is 5.36. The first-order valence-electron chi connectivity index (χ1n) is 6.43. The van der Waals surface area contributed by atoms with Crippen LogP contribution in [0.15, 0.2) is 12.4 Å². The molecule has 3 atom stereocenters. The molecule has 17 heavy (non-hydrogen) atoms. The van der Waals surface area contributed by atoms with Gasteiger partial charge in [-0.05, 0) is 32.7 Å². The van der Waals surface area contributed by atoms with E-state index in [0.717, 1.165) is 18.2 Å². The normalized spacial score (nSPS) is 31.1. The minimum Gasteiger partial charge on any atom is -0.474 e. The first kappa shape index (κ1) is 11.0. The quantitative estimate of drug-likeness (QED) is 0.796. The Morgan fingerprint density at radius 3 is 2.88 bits per heavy atom. The van der Waals surface area contributed by atoms with Crippen molar-refractivity contribution in [3.05, 3.63) is 18.1 Å². The highest BCUT2D eigenvalue weighted by Gasteiger charge is 2.39. The van der Waals surface area contributed by atoms with Gasteiger partial charge in [-0.1, -0.05) is 0 Å². The van der Waals surface area contributed by atoms with Crippen molar-refractivity contribution in [3.8, 4) is 5.88 Å². The van der Waals surface area contributed by atoms with Crippen LogP contribution in [-0.4, -0.2) is 40.6 Å². The molecule has 2 aliphatic heterocycles. The zero-order valence-electron chi connectivity index (χ0n) is 10.5. The maximum absolute atomic E-state index is 5.61. The number of ether oxygens (including phenoxy) is 1. The lowest BCUT2D eigenvalue weighted by Gasteiger charge is -2.21. The SMILES string of the molecule is CC(C)Oc1cncc([C@H]2CN3CCC2C3)n1. The van der Waals surface area contributed by atoms with Crippen molar-refractivity contribution in [2.45, 2.75) is 32.3 Å². The zero-order valence-corrected chi connectivity index (χ0v) is 10.5. The fourth-order valence-corrected chi connectivity index (χ4v) is 2.96. The van der Waals surface area contributed by atoms with Gasteiger partial charge in [-0.15, -0.1) is 0 Å². The van der Waals surface area contributed by atoms with Gasteiger partial charge in [-0.3, -0.25) is 4.98 Å². The van der Waals surface area contributed by atoms with Crippen LogP contribution >= 0.6 is 0 Å². The van der Waals surface area contributed by atoms with Crippen LogP contribution in [0.5, 0.6) is 5.88 Å². The third kappa shape index (κ3) is 2.14. The molecule has 2 saturated heterocycles. The van der Waals surface area contributed by atoms with Crippen molar-refractivity contribution in [1.82, 2.24) is 14.9 Å². The van der Waals surface area contributed by atoms with Crippen LogP contribution in [0.2, 0.25) is 0 Å². The Hall–Kier alpha value is -1.16. The molecule has 1 aromatic rings. The van der Waals surface area contributed by atoms with Gasteiger partial charge in [0, 0.05) is 25.2 Å². The summed E-state index contributed by atoms with van der Waals surface area (Å²) >= 11 is 0. The van der Waals surface area contributed by atoms with Crippen LogP contribution in [-0.2, 0) is 0 Å². The summed E-state index contributed by atoms with van der Waals surface area (Å²) in [6, 6.07) is 0. The standard InChI is InChI=1S/C13H19N3O/c1-9(2)17-13-6-14-5-12(15-13)11-8-16-4-3-10(11)7-16/h5-6,9-11H,3-4,7-8H2,1-2H3/t10?,11-/m0/s1. The molecule has 2 unspecified atom stereocenters. The molecular weight excluding hydrogens is 214 g/mol. The molecule has 2 bridgehead atoms. The smallest absolute Gasteiger partial charge is 0.232 e. The van der Waals surface area contributed by atoms with Crippen LogP contribution in [0.1, 0.15) is 31.9 Å². The van der Waals surface area contributed by atoms with Gasteiger partial charge in [0.15, 0.2) is 0 Å². The summed E-state index contributed by atoms with van der Waals surface area (Å²) < 4.78 is 5.61. The zero-order chi connectivity index (χ0) is 11.8. The monoisotopic (exact) mass is 233 g/mol. The average molecular weight is 233 g/mol. The number of nitrogens with zero attached hydrogens (tertiary/aromatic N) is 3. The second-order valence-corrected chi connectivity index (χ2v) is 5.36. The Morgan fingerprint density at radius 2 is 2.24 bits per heavy atom. The lowest BCUT2D eigenvalue weighted by atomic mass is 9.90. The van der Waals surface area contributed by atoms with Gasteiger partial charge >= 0.3 is 0 Å². The first-order valence-corrected chi connectivity index (χ1v) is 6.43. The summed E-state index contributed by atoms with van der Waals surface area (Å²) in [6.45, 7) is 7.66. The van der Waals surface area contributed by atoms with Crippen molar-refractivity contribution in [2.24, 2.45) is 5.92 Å². The van der Waals surface area contributed by atoms with E-state index in [2.05, 4.69) is 14.9 Å². The molecule has 0 spiro atoms. The fourth-order valence-electron chi connectivity index (χ4n) is 2.96. The van der Waals surface area contributed by atoms with E-state index in [-0.39, 0.29) is 6.10 Å². The molecule has 4 heteroatoms. The molecule has 3 heterocycles. The summed E-state index contributed by atoms with van der Waals surface area (Å²) in [7, 11) is 0. The summed E-state index contributed by atoms with van der Waals surface area (Å²) in [5.74, 6) is 2.00. The summed E-state index contributed by atoms with van der Waals surface area (Å²) in [5, 5.41) is 0. The van der Waals surface area contributed by atoms with Crippen molar-refractivity contribution >= 4 is 0 Å². The maximum atomic E-state index is 5.61. The fraction of sp³-hybridized carbons (Fsp3) is 0.692. The third-order valence-electron chi connectivity index (χ3n) is 3.70. The predicted octanol–water partition coefficient (Wildman–Crippen LogP) is 1.68. The maximum Gasteiger partial charge on any atom is 0.232 e. The highest BCUT2D eigenvalue weighted by Crippen LogP contribution is 2.38. The van der Waals surface area contributed by atoms with Crippen molar-refractivity contribution in [2.75, 3.05) is 19.6 Å². The van der Waals surface area contributed by atoms with E-state index in [1.54, 1.807) is 6.20 Å². The van der Waals surface area contributed by atoms with E-state index in [0.29, 0.717) is 11.8 Å². The molecule has 0 N–H and O–H groups in total. The Kier molecular flexibility index (Phi) is 2.74. The molecule has 0 aromatic carbocycles. The molecule has 0 saturated carbocycles. The van der Waals surface area contributed by atoms with Crippen LogP contribution in [0.25, 0.3) is 0 Å². The Labute approximate surface area is 102 Å². The van der Waals surface area contributed by atoms with Gasteiger partial charge in [0.25, 0.3) is 0 Å². The highest BCUT2D eigenvalue weighted by molar-refractivity contribution is 5.17. The Bertz CT molecular complexity index is 407. The number of aromatic nitrogens is 2. The third-order valence-corrected chi connectivity index (χ3v) is 3.70. The number of fused-ring (bicyclic) bond motifs is 2. The van der Waals surface area contributed by atoms with Gasteiger partial charge in [0.05, 0.1) is 18.0 Å². The van der Waals surface area contributed by atoms with Gasteiger partial charge in [-0.25, -0.2) is 4.98 Å². The topological polar surface area (TPSA) is 38.2 Å². The minimum atomic E-state index is 0.156. The minimum absolute atomic E-state index is 0.156. The van der Waals surface area contributed by atoms with E-state index in [4.69, 9.17) is 4.74 Å². The van der Waals surface area contributed by atoms with Crippen molar-refractivity contribution in [3.63, 3.8) is 0 Å². The van der Waals surface area contributed by atoms with E-state index in [1.165, 1.54) is 19.5 Å². The van der Waals surface area contributed by atoms with Crippen molar-refractivity contribution < 1.29 is 4.74 Å². The van der Waals surface area contributed by atoms with E-state index >= 15 is 0 Å². The lowest BCUT2D eigenvalue weighted by Crippen LogP contribution is -2.23. The number of hydrogen-bond donors (Lipinski definition) is 0. The molecule has 0 aliphatic carbocycles. The number of rotatable bonds is 3. The predicted molar refractivity (Wildman–Crippen MR) is 65.1 cm³/mol. The van der Waals surface area contributed by atoms with Gasteiger partial charge in [0.2, 0.25) is 5.88 Å². The molecule has 0 radical (unpaired) electrons. The summed E-state index contributed by atoms with van der Waals surface area (Å²) in [6.07, 6.45) is 5.07. The molecular formula is C13H19N3O. The molecule has 2 fully saturated rings. The average Bonchev–Trinajstić information content (AvgIpc) is 2.90. The van der Waals surface area contributed by atoms with Crippen molar-refractivity contribution in [1.29, 1.82) is 0 Å². The van der Waals surface area contributed by atoms with E-state index in [9.17, 15) is 0 Å². The van der Waals surface area contributed by atoms with Crippen LogP contribution in [0, 0.1) is 5.92 Å². The molecule has 4 nitrogen and oxygen atoms in total. The first-order chi connectivity index (χ1) is 8.22. The van der Waals surface area contributed by atoms with Gasteiger partial charge < -0.3 is 9.64 Å². The Balaban J connectivity index is 1.79. The molecule has 3 rings (SSSR count). The molecule has 1 aromatic heterocycles. The highest BCUT2D eigenvalue weighted by atomic mass is 16.5. The largest absolute Gasteiger partial charge is 0.474 e. The second kappa shape index (κ2) is 4.26. The van der Waals surface area contributed by atoms with Crippen LogP contribution in [0.4, 0.5) is 0 Å². The van der Waals surface area contributed by atoms with Gasteiger partial charge in [0.1, 0.15) is 0 Å². The summed E-state index contributed by atoms with van der Waals surface area (Å²) in [5.41, 5.74) is 1.11. The number of hydrogen-bond acceptors (Lipinski definition) is 4. The van der Waals surface area contributed by atoms with Gasteiger partial charge in [-0.2, -0.15) is 0 Å². The lowest BCUT2D eigenvalue weighted by molar-refractivity contribution is 0.229. The summed E-state index contributed by atoms with van der Waals surface area (Å²) in [4.78, 5) is 11.4. The molecule has 2 aliphatic rings. The van der Waals surface area contributed by atoms with Crippen LogP contribution < -0.4 is 4.74 Å². The number of piperidine rings is 1. The van der Waals surface area contributed by atoms with Crippen LogP contribution in [0.3, 0.4) is 0 Å².